The van der Waals surface area contributed by atoms with Crippen molar-refractivity contribution in [1.29, 1.82) is 0 Å². The van der Waals surface area contributed by atoms with E-state index in [4.69, 9.17) is 0 Å². The molecular weight excluding hydrogens is 388 g/mol. The SMILES string of the molecule is O=C(NCCCN1CCCC1)C1CCN(S(=O)(=O)c2cc(F)cc(F)c2)CC1. The van der Waals surface area contributed by atoms with Gasteiger partial charge in [-0.15, -0.1) is 0 Å². The van der Waals surface area contributed by atoms with Crippen molar-refractivity contribution in [2.75, 3.05) is 39.3 Å². The molecule has 2 saturated heterocycles. The first-order valence-electron chi connectivity index (χ1n) is 9.82. The van der Waals surface area contributed by atoms with Crippen LogP contribution >= 0.6 is 0 Å². The highest BCUT2D eigenvalue weighted by Crippen LogP contribution is 2.25. The fourth-order valence-corrected chi connectivity index (χ4v) is 5.36. The van der Waals surface area contributed by atoms with E-state index in [0.29, 0.717) is 25.5 Å². The van der Waals surface area contributed by atoms with E-state index >= 15 is 0 Å². The molecule has 156 valence electrons. The van der Waals surface area contributed by atoms with Gasteiger partial charge >= 0.3 is 0 Å². The first kappa shape index (κ1) is 21.1. The smallest absolute Gasteiger partial charge is 0.243 e. The molecule has 2 aliphatic rings. The third-order valence-corrected chi connectivity index (χ3v) is 7.32. The number of hydrogen-bond acceptors (Lipinski definition) is 4. The number of piperidine rings is 1. The summed E-state index contributed by atoms with van der Waals surface area (Å²) >= 11 is 0. The van der Waals surface area contributed by atoms with Crippen LogP contribution in [0.3, 0.4) is 0 Å². The van der Waals surface area contributed by atoms with E-state index in [1.807, 2.05) is 0 Å². The summed E-state index contributed by atoms with van der Waals surface area (Å²) in [5, 5.41) is 2.94. The minimum atomic E-state index is -3.97. The van der Waals surface area contributed by atoms with Crippen molar-refractivity contribution in [1.82, 2.24) is 14.5 Å². The van der Waals surface area contributed by atoms with Crippen LogP contribution in [0.25, 0.3) is 0 Å². The number of rotatable bonds is 7. The molecule has 0 saturated carbocycles. The molecular formula is C19H27F2N3O3S. The van der Waals surface area contributed by atoms with Crippen molar-refractivity contribution < 1.29 is 22.0 Å². The lowest BCUT2D eigenvalue weighted by molar-refractivity contribution is -0.126. The molecule has 6 nitrogen and oxygen atoms in total. The van der Waals surface area contributed by atoms with Crippen molar-refractivity contribution >= 4 is 15.9 Å². The van der Waals surface area contributed by atoms with Crippen LogP contribution in [0.1, 0.15) is 32.1 Å². The number of halogens is 2. The van der Waals surface area contributed by atoms with Crippen LogP contribution in [0.15, 0.2) is 23.1 Å². The average Bonchev–Trinajstić information content (AvgIpc) is 3.18. The van der Waals surface area contributed by atoms with Gasteiger partial charge in [-0.3, -0.25) is 4.79 Å². The van der Waals surface area contributed by atoms with Gasteiger partial charge in [-0.05, 0) is 63.9 Å². The standard InChI is InChI=1S/C19H27F2N3O3S/c20-16-12-17(21)14-18(13-16)28(26,27)24-10-4-15(5-11-24)19(25)22-6-3-9-23-7-1-2-8-23/h12-15H,1-11H2,(H,22,25). The van der Waals surface area contributed by atoms with E-state index in [-0.39, 0.29) is 24.9 Å². The molecule has 0 radical (unpaired) electrons. The monoisotopic (exact) mass is 415 g/mol. The Bertz CT molecular complexity index is 769. The quantitative estimate of drug-likeness (QED) is 0.692. The molecule has 0 unspecified atom stereocenters. The zero-order valence-corrected chi connectivity index (χ0v) is 16.7. The van der Waals surface area contributed by atoms with E-state index in [1.54, 1.807) is 0 Å². The fraction of sp³-hybridized carbons (Fsp3) is 0.632. The predicted octanol–water partition coefficient (Wildman–Crippen LogP) is 1.97. The second-order valence-corrected chi connectivity index (χ2v) is 9.41. The number of benzene rings is 1. The fourth-order valence-electron chi connectivity index (χ4n) is 3.85. The third-order valence-electron chi connectivity index (χ3n) is 5.45. The molecule has 1 aromatic carbocycles. The van der Waals surface area contributed by atoms with Gasteiger partial charge in [-0.2, -0.15) is 4.31 Å². The normalized spacial score (nSPS) is 19.8. The van der Waals surface area contributed by atoms with Gasteiger partial charge in [0.1, 0.15) is 11.6 Å². The third kappa shape index (κ3) is 5.27. The lowest BCUT2D eigenvalue weighted by Gasteiger charge is -2.30. The zero-order valence-electron chi connectivity index (χ0n) is 15.9. The van der Waals surface area contributed by atoms with Crippen molar-refractivity contribution in [3.8, 4) is 0 Å². The Balaban J connectivity index is 1.46. The van der Waals surface area contributed by atoms with Crippen LogP contribution in [-0.4, -0.2) is 62.8 Å². The molecule has 0 aromatic heterocycles. The molecule has 0 bridgehead atoms. The molecule has 0 atom stereocenters. The Morgan fingerprint density at radius 2 is 1.64 bits per heavy atom. The van der Waals surface area contributed by atoms with Crippen LogP contribution < -0.4 is 5.32 Å². The summed E-state index contributed by atoms with van der Waals surface area (Å²) in [6, 6.07) is 2.27. The Kier molecular flexibility index (Phi) is 7.00. The van der Waals surface area contributed by atoms with Gasteiger partial charge < -0.3 is 10.2 Å². The minimum Gasteiger partial charge on any atom is -0.356 e. The average molecular weight is 416 g/mol. The minimum absolute atomic E-state index is 0.0460. The Morgan fingerprint density at radius 1 is 1.04 bits per heavy atom. The largest absolute Gasteiger partial charge is 0.356 e. The summed E-state index contributed by atoms with van der Waals surface area (Å²) in [7, 11) is -3.97. The summed E-state index contributed by atoms with van der Waals surface area (Å²) in [4.78, 5) is 14.3. The predicted molar refractivity (Wildman–Crippen MR) is 101 cm³/mol. The summed E-state index contributed by atoms with van der Waals surface area (Å²) in [6.45, 7) is 4.20. The van der Waals surface area contributed by atoms with Crippen LogP contribution in [0, 0.1) is 17.6 Å². The molecule has 2 aliphatic heterocycles. The van der Waals surface area contributed by atoms with Crippen LogP contribution in [0.4, 0.5) is 8.78 Å². The molecule has 2 heterocycles. The van der Waals surface area contributed by atoms with E-state index in [1.165, 1.54) is 17.1 Å². The lowest BCUT2D eigenvalue weighted by Crippen LogP contribution is -2.43. The first-order valence-corrected chi connectivity index (χ1v) is 11.3. The highest BCUT2D eigenvalue weighted by molar-refractivity contribution is 7.89. The zero-order chi connectivity index (χ0) is 20.1. The molecule has 9 heteroatoms. The van der Waals surface area contributed by atoms with Gasteiger partial charge in [0.25, 0.3) is 0 Å². The van der Waals surface area contributed by atoms with Gasteiger partial charge in [0.15, 0.2) is 0 Å². The van der Waals surface area contributed by atoms with Crippen LogP contribution in [0.5, 0.6) is 0 Å². The number of carbonyl (C=O) groups excluding carboxylic acids is 1. The first-order chi connectivity index (χ1) is 13.4. The van der Waals surface area contributed by atoms with Crippen molar-refractivity contribution in [3.05, 3.63) is 29.8 Å². The Hall–Kier alpha value is -1.58. The Labute approximate surface area is 164 Å². The second-order valence-electron chi connectivity index (χ2n) is 7.48. The summed E-state index contributed by atoms with van der Waals surface area (Å²) < 4.78 is 53.1. The van der Waals surface area contributed by atoms with Crippen molar-refractivity contribution in [2.45, 2.75) is 37.0 Å². The Morgan fingerprint density at radius 3 is 2.25 bits per heavy atom. The molecule has 28 heavy (non-hydrogen) atoms. The number of likely N-dealkylation sites (tertiary alicyclic amines) is 1. The van der Waals surface area contributed by atoms with Gasteiger partial charge in [0.05, 0.1) is 4.90 Å². The summed E-state index contributed by atoms with van der Waals surface area (Å²) in [6.07, 6.45) is 4.19. The molecule has 2 fully saturated rings. The maximum atomic E-state index is 13.4. The number of carbonyl (C=O) groups is 1. The maximum Gasteiger partial charge on any atom is 0.243 e. The number of hydrogen-bond donors (Lipinski definition) is 1. The topological polar surface area (TPSA) is 69.7 Å². The summed E-state index contributed by atoms with van der Waals surface area (Å²) in [5.74, 6) is -2.14. The van der Waals surface area contributed by atoms with Gasteiger partial charge in [-0.25, -0.2) is 17.2 Å². The van der Waals surface area contributed by atoms with Crippen LogP contribution in [0.2, 0.25) is 0 Å². The van der Waals surface area contributed by atoms with Gasteiger partial charge in [0, 0.05) is 31.6 Å². The van der Waals surface area contributed by atoms with E-state index in [0.717, 1.165) is 38.2 Å². The van der Waals surface area contributed by atoms with Crippen molar-refractivity contribution in [3.63, 3.8) is 0 Å². The number of nitrogens with zero attached hydrogens (tertiary/aromatic N) is 2. The van der Waals surface area contributed by atoms with E-state index in [2.05, 4.69) is 10.2 Å². The molecule has 1 N–H and O–H groups in total. The molecule has 0 aliphatic carbocycles. The van der Waals surface area contributed by atoms with E-state index in [9.17, 15) is 22.0 Å². The van der Waals surface area contributed by atoms with Gasteiger partial charge in [0.2, 0.25) is 15.9 Å². The van der Waals surface area contributed by atoms with Crippen LogP contribution in [-0.2, 0) is 14.8 Å². The second kappa shape index (κ2) is 9.28. The lowest BCUT2D eigenvalue weighted by atomic mass is 9.97. The molecule has 0 spiro atoms. The highest BCUT2D eigenvalue weighted by Gasteiger charge is 2.32. The summed E-state index contributed by atoms with van der Waals surface area (Å²) in [5.41, 5.74) is 0. The number of nitrogens with one attached hydrogen (secondary N) is 1. The number of sulfonamides is 1. The highest BCUT2D eigenvalue weighted by atomic mass is 32.2. The van der Waals surface area contributed by atoms with Gasteiger partial charge in [-0.1, -0.05) is 0 Å². The van der Waals surface area contributed by atoms with E-state index < -0.39 is 26.6 Å². The molecule has 3 rings (SSSR count). The van der Waals surface area contributed by atoms with Crippen molar-refractivity contribution in [2.24, 2.45) is 5.92 Å². The molecule has 1 aromatic rings. The molecule has 1 amide bonds. The maximum absolute atomic E-state index is 13.4. The number of amides is 1.